The fraction of sp³-hybridized carbons (Fsp3) is 0.318. The fourth-order valence-corrected chi connectivity index (χ4v) is 3.29. The Morgan fingerprint density at radius 1 is 1.07 bits per heavy atom. The van der Waals surface area contributed by atoms with Crippen molar-refractivity contribution in [1.82, 2.24) is 0 Å². The Labute approximate surface area is 158 Å². The van der Waals surface area contributed by atoms with Crippen LogP contribution in [0.15, 0.2) is 54.6 Å². The maximum absolute atomic E-state index is 12.4. The summed E-state index contributed by atoms with van der Waals surface area (Å²) >= 11 is 0. The lowest BCUT2D eigenvalue weighted by Gasteiger charge is -2.16. The molecule has 1 fully saturated rings. The molecule has 1 heterocycles. The van der Waals surface area contributed by atoms with Gasteiger partial charge in [-0.1, -0.05) is 37.3 Å². The molecule has 1 aliphatic heterocycles. The molecule has 0 spiro atoms. The van der Waals surface area contributed by atoms with Gasteiger partial charge in [-0.05, 0) is 42.7 Å². The van der Waals surface area contributed by atoms with E-state index in [9.17, 15) is 14.4 Å². The number of anilines is 1. The van der Waals surface area contributed by atoms with Gasteiger partial charge in [0.2, 0.25) is 5.91 Å². The van der Waals surface area contributed by atoms with Crippen LogP contribution in [0.2, 0.25) is 0 Å². The molecule has 0 unspecified atom stereocenters. The number of hydrogen-bond donors (Lipinski definition) is 0. The zero-order chi connectivity index (χ0) is 19.2. The first-order valence-corrected chi connectivity index (χ1v) is 9.25. The molecule has 3 rings (SSSR count). The van der Waals surface area contributed by atoms with Crippen LogP contribution in [0.25, 0.3) is 0 Å². The number of ketones is 1. The average Bonchev–Trinajstić information content (AvgIpc) is 3.13. The van der Waals surface area contributed by atoms with Crippen LogP contribution in [0, 0.1) is 0 Å². The Morgan fingerprint density at radius 3 is 2.37 bits per heavy atom. The quantitative estimate of drug-likeness (QED) is 0.554. The van der Waals surface area contributed by atoms with E-state index in [1.165, 1.54) is 0 Å². The molecule has 0 aliphatic carbocycles. The van der Waals surface area contributed by atoms with Crippen LogP contribution in [-0.2, 0) is 14.3 Å². The molecule has 0 radical (unpaired) electrons. The van der Waals surface area contributed by atoms with Crippen molar-refractivity contribution in [2.75, 3.05) is 18.1 Å². The highest BCUT2D eigenvalue weighted by Gasteiger charge is 2.23. The lowest BCUT2D eigenvalue weighted by atomic mass is 9.97. The molecular weight excluding hydrogens is 342 g/mol. The topological polar surface area (TPSA) is 63.7 Å². The standard InChI is InChI=1S/C22H23NO4/c1-2-19(16-7-4-3-5-8-16)22(26)27-15-20(24)17-10-12-18(13-11-17)23-14-6-9-21(23)25/h3-5,7-8,10-13,19H,2,6,9,14-15H2,1H3/t19-/m0/s1. The molecule has 2 aromatic rings. The minimum absolute atomic E-state index is 0.106. The number of benzene rings is 2. The first kappa shape index (κ1) is 18.8. The monoisotopic (exact) mass is 365 g/mol. The van der Waals surface area contributed by atoms with Gasteiger partial charge in [-0.25, -0.2) is 0 Å². The molecule has 0 bridgehead atoms. The highest BCUT2D eigenvalue weighted by Crippen LogP contribution is 2.23. The largest absolute Gasteiger partial charge is 0.457 e. The van der Waals surface area contributed by atoms with Crippen LogP contribution in [0.4, 0.5) is 5.69 Å². The molecule has 1 atom stereocenters. The molecule has 140 valence electrons. The van der Waals surface area contributed by atoms with Crippen LogP contribution < -0.4 is 4.90 Å². The normalized spacial score (nSPS) is 14.9. The first-order chi connectivity index (χ1) is 13.1. The molecule has 27 heavy (non-hydrogen) atoms. The van der Waals surface area contributed by atoms with Gasteiger partial charge in [0.1, 0.15) is 0 Å². The van der Waals surface area contributed by atoms with Gasteiger partial charge in [0.05, 0.1) is 5.92 Å². The minimum atomic E-state index is -0.392. The van der Waals surface area contributed by atoms with Crippen molar-refractivity contribution >= 4 is 23.3 Å². The van der Waals surface area contributed by atoms with Crippen LogP contribution in [0.3, 0.4) is 0 Å². The molecule has 0 aromatic heterocycles. The minimum Gasteiger partial charge on any atom is -0.457 e. The third kappa shape index (κ3) is 4.42. The van der Waals surface area contributed by atoms with Crippen LogP contribution in [-0.4, -0.2) is 30.8 Å². The maximum Gasteiger partial charge on any atom is 0.313 e. The van der Waals surface area contributed by atoms with E-state index in [0.29, 0.717) is 24.9 Å². The van der Waals surface area contributed by atoms with E-state index in [1.54, 1.807) is 29.2 Å². The zero-order valence-electron chi connectivity index (χ0n) is 15.4. The number of carbonyl (C=O) groups is 3. The van der Waals surface area contributed by atoms with Gasteiger partial charge < -0.3 is 9.64 Å². The van der Waals surface area contributed by atoms with Crippen molar-refractivity contribution in [3.63, 3.8) is 0 Å². The maximum atomic E-state index is 12.4. The number of amides is 1. The Balaban J connectivity index is 1.58. The van der Waals surface area contributed by atoms with Crippen molar-refractivity contribution in [1.29, 1.82) is 0 Å². The predicted octanol–water partition coefficient (Wildman–Crippen LogP) is 3.73. The zero-order valence-corrected chi connectivity index (χ0v) is 15.4. The van der Waals surface area contributed by atoms with Gasteiger partial charge >= 0.3 is 5.97 Å². The van der Waals surface area contributed by atoms with E-state index < -0.39 is 5.97 Å². The second kappa shape index (κ2) is 8.62. The molecule has 0 N–H and O–H groups in total. The van der Waals surface area contributed by atoms with E-state index >= 15 is 0 Å². The highest BCUT2D eigenvalue weighted by molar-refractivity contribution is 5.99. The Kier molecular flexibility index (Phi) is 6.01. The van der Waals surface area contributed by atoms with Gasteiger partial charge in [-0.3, -0.25) is 14.4 Å². The van der Waals surface area contributed by atoms with Crippen LogP contribution in [0.5, 0.6) is 0 Å². The molecular formula is C22H23NO4. The molecule has 2 aromatic carbocycles. The summed E-state index contributed by atoms with van der Waals surface area (Å²) in [7, 11) is 0. The number of esters is 1. The summed E-state index contributed by atoms with van der Waals surface area (Å²) in [6, 6.07) is 16.3. The Morgan fingerprint density at radius 2 is 1.78 bits per heavy atom. The summed E-state index contributed by atoms with van der Waals surface area (Å²) in [6.45, 7) is 2.34. The molecule has 1 amide bonds. The Hall–Kier alpha value is -2.95. The molecule has 0 saturated carbocycles. The number of ether oxygens (including phenoxy) is 1. The molecule has 1 aliphatic rings. The number of nitrogens with zero attached hydrogens (tertiary/aromatic N) is 1. The summed E-state index contributed by atoms with van der Waals surface area (Å²) in [5.41, 5.74) is 2.14. The number of rotatable bonds is 7. The highest BCUT2D eigenvalue weighted by atomic mass is 16.5. The van der Waals surface area contributed by atoms with Crippen molar-refractivity contribution in [2.45, 2.75) is 32.1 Å². The van der Waals surface area contributed by atoms with E-state index in [4.69, 9.17) is 4.74 Å². The summed E-state index contributed by atoms with van der Waals surface area (Å²) in [6.07, 6.45) is 2.03. The third-order valence-corrected chi connectivity index (χ3v) is 4.81. The van der Waals surface area contributed by atoms with Crippen LogP contribution in [0.1, 0.15) is 48.0 Å². The summed E-state index contributed by atoms with van der Waals surface area (Å²) in [5.74, 6) is -0.918. The lowest BCUT2D eigenvalue weighted by molar-refractivity contribution is -0.144. The van der Waals surface area contributed by atoms with E-state index in [2.05, 4.69) is 0 Å². The smallest absolute Gasteiger partial charge is 0.313 e. The van der Waals surface area contributed by atoms with E-state index in [1.807, 2.05) is 37.3 Å². The van der Waals surface area contributed by atoms with Crippen molar-refractivity contribution < 1.29 is 19.1 Å². The van der Waals surface area contributed by atoms with Crippen molar-refractivity contribution in [2.24, 2.45) is 0 Å². The van der Waals surface area contributed by atoms with Gasteiger partial charge in [0.25, 0.3) is 0 Å². The number of hydrogen-bond acceptors (Lipinski definition) is 4. The summed E-state index contributed by atoms with van der Waals surface area (Å²) in [4.78, 5) is 38.2. The lowest BCUT2D eigenvalue weighted by Crippen LogP contribution is -2.23. The predicted molar refractivity (Wildman–Crippen MR) is 103 cm³/mol. The Bertz CT molecular complexity index is 814. The van der Waals surface area contributed by atoms with Gasteiger partial charge in [0, 0.05) is 24.2 Å². The van der Waals surface area contributed by atoms with Gasteiger partial charge in [-0.15, -0.1) is 0 Å². The first-order valence-electron chi connectivity index (χ1n) is 9.25. The fourth-order valence-electron chi connectivity index (χ4n) is 3.29. The third-order valence-electron chi connectivity index (χ3n) is 4.81. The van der Waals surface area contributed by atoms with Crippen molar-refractivity contribution in [3.05, 3.63) is 65.7 Å². The number of Topliss-reactive ketones (excluding diaryl/α,β-unsaturated/α-hetero) is 1. The SMILES string of the molecule is CC[C@H](C(=O)OCC(=O)c1ccc(N2CCCC2=O)cc1)c1ccccc1. The summed E-state index contributed by atoms with van der Waals surface area (Å²) in [5, 5.41) is 0. The second-order valence-electron chi connectivity index (χ2n) is 6.60. The van der Waals surface area contributed by atoms with E-state index in [-0.39, 0.29) is 24.2 Å². The molecule has 5 nitrogen and oxygen atoms in total. The molecule has 1 saturated heterocycles. The average molecular weight is 365 g/mol. The molecule has 5 heteroatoms. The second-order valence-corrected chi connectivity index (χ2v) is 6.60. The summed E-state index contributed by atoms with van der Waals surface area (Å²) < 4.78 is 5.26. The van der Waals surface area contributed by atoms with Crippen molar-refractivity contribution in [3.8, 4) is 0 Å². The van der Waals surface area contributed by atoms with Gasteiger partial charge in [-0.2, -0.15) is 0 Å². The van der Waals surface area contributed by atoms with Gasteiger partial charge in [0.15, 0.2) is 12.4 Å². The van der Waals surface area contributed by atoms with Crippen LogP contribution >= 0.6 is 0 Å². The van der Waals surface area contributed by atoms with E-state index in [0.717, 1.165) is 17.7 Å². The number of carbonyl (C=O) groups excluding carboxylic acids is 3.